The van der Waals surface area contributed by atoms with Gasteiger partial charge < -0.3 is 15.5 Å². The van der Waals surface area contributed by atoms with Crippen LogP contribution >= 0.6 is 22.7 Å². The highest BCUT2D eigenvalue weighted by Crippen LogP contribution is 2.20. The number of hydrogen-bond donors (Lipinski definition) is 3. The SMILES string of the molecule is O=C(Cc1csc(NC(=O)c2cccs2)n1)NC1CCN(C(=O)NC2CCCCC2)CC1. The number of anilines is 1. The van der Waals surface area contributed by atoms with Crippen molar-refractivity contribution in [2.45, 2.75) is 63.5 Å². The van der Waals surface area contributed by atoms with E-state index < -0.39 is 0 Å². The summed E-state index contributed by atoms with van der Waals surface area (Å²) in [6, 6.07) is 3.99. The highest BCUT2D eigenvalue weighted by Gasteiger charge is 2.26. The lowest BCUT2D eigenvalue weighted by atomic mass is 9.95. The van der Waals surface area contributed by atoms with Crippen molar-refractivity contribution in [3.63, 3.8) is 0 Å². The molecule has 0 spiro atoms. The maximum atomic E-state index is 12.5. The molecule has 2 aliphatic rings. The summed E-state index contributed by atoms with van der Waals surface area (Å²) in [4.78, 5) is 43.9. The molecule has 4 rings (SSSR count). The lowest BCUT2D eigenvalue weighted by Gasteiger charge is -2.34. The number of thiazole rings is 1. The van der Waals surface area contributed by atoms with Crippen LogP contribution in [0.4, 0.5) is 9.93 Å². The molecule has 1 aliphatic heterocycles. The highest BCUT2D eigenvalue weighted by molar-refractivity contribution is 7.14. The van der Waals surface area contributed by atoms with Gasteiger partial charge in [0.05, 0.1) is 17.0 Å². The minimum Gasteiger partial charge on any atom is -0.353 e. The molecule has 0 bridgehead atoms. The number of carbonyl (C=O) groups excluding carboxylic acids is 3. The summed E-state index contributed by atoms with van der Waals surface area (Å²) in [6.07, 6.45) is 7.49. The van der Waals surface area contributed by atoms with Gasteiger partial charge in [0.15, 0.2) is 5.13 Å². The topological polar surface area (TPSA) is 103 Å². The van der Waals surface area contributed by atoms with Gasteiger partial charge in [-0.25, -0.2) is 9.78 Å². The molecule has 0 radical (unpaired) electrons. The summed E-state index contributed by atoms with van der Waals surface area (Å²) < 4.78 is 0. The van der Waals surface area contributed by atoms with Crippen molar-refractivity contribution < 1.29 is 14.4 Å². The zero-order chi connectivity index (χ0) is 22.3. The van der Waals surface area contributed by atoms with Crippen LogP contribution in [0, 0.1) is 0 Å². The van der Waals surface area contributed by atoms with Gasteiger partial charge in [-0.2, -0.15) is 0 Å². The molecule has 2 fully saturated rings. The van der Waals surface area contributed by atoms with Crippen LogP contribution in [0.15, 0.2) is 22.9 Å². The van der Waals surface area contributed by atoms with E-state index in [0.29, 0.717) is 34.8 Å². The monoisotopic (exact) mass is 475 g/mol. The van der Waals surface area contributed by atoms with E-state index in [2.05, 4.69) is 20.9 Å². The van der Waals surface area contributed by atoms with Crippen molar-refractivity contribution >= 4 is 45.7 Å². The zero-order valence-electron chi connectivity index (χ0n) is 18.0. The van der Waals surface area contributed by atoms with Crippen LogP contribution in [0.25, 0.3) is 0 Å². The number of thiophene rings is 1. The Balaban J connectivity index is 1.17. The first-order valence-corrected chi connectivity index (χ1v) is 13.0. The van der Waals surface area contributed by atoms with Gasteiger partial charge in [-0.15, -0.1) is 22.7 Å². The molecular formula is C22H29N5O3S2. The molecule has 3 heterocycles. The molecule has 2 aromatic heterocycles. The van der Waals surface area contributed by atoms with Crippen LogP contribution in [0.5, 0.6) is 0 Å². The molecule has 0 atom stereocenters. The van der Waals surface area contributed by atoms with Crippen LogP contribution in [0.2, 0.25) is 0 Å². The van der Waals surface area contributed by atoms with Gasteiger partial charge in [-0.1, -0.05) is 25.3 Å². The van der Waals surface area contributed by atoms with Crippen LogP contribution < -0.4 is 16.0 Å². The smallest absolute Gasteiger partial charge is 0.317 e. The van der Waals surface area contributed by atoms with E-state index in [1.54, 1.807) is 11.4 Å². The fourth-order valence-corrected chi connectivity index (χ4v) is 5.52. The Kier molecular flexibility index (Phi) is 7.75. The normalized spacial score (nSPS) is 17.7. The number of nitrogens with one attached hydrogen (secondary N) is 3. The molecule has 172 valence electrons. The van der Waals surface area contributed by atoms with Gasteiger partial charge in [0.2, 0.25) is 5.91 Å². The zero-order valence-corrected chi connectivity index (χ0v) is 19.6. The molecule has 3 N–H and O–H groups in total. The van der Waals surface area contributed by atoms with Crippen LogP contribution in [-0.4, -0.2) is 52.9 Å². The predicted molar refractivity (Wildman–Crippen MR) is 126 cm³/mol. The van der Waals surface area contributed by atoms with E-state index in [1.165, 1.54) is 41.9 Å². The average molecular weight is 476 g/mol. The van der Waals surface area contributed by atoms with Gasteiger partial charge in [0, 0.05) is 30.6 Å². The van der Waals surface area contributed by atoms with E-state index in [1.807, 2.05) is 16.3 Å². The lowest BCUT2D eigenvalue weighted by molar-refractivity contribution is -0.121. The molecule has 4 amide bonds. The molecule has 2 aromatic rings. The van der Waals surface area contributed by atoms with E-state index in [4.69, 9.17) is 0 Å². The number of likely N-dealkylation sites (tertiary alicyclic amines) is 1. The van der Waals surface area contributed by atoms with Crippen molar-refractivity contribution in [2.75, 3.05) is 18.4 Å². The summed E-state index contributed by atoms with van der Waals surface area (Å²) in [6.45, 7) is 1.30. The first-order valence-electron chi connectivity index (χ1n) is 11.2. The maximum Gasteiger partial charge on any atom is 0.317 e. The molecule has 10 heteroatoms. The Morgan fingerprint density at radius 1 is 1.00 bits per heavy atom. The number of nitrogens with zero attached hydrogens (tertiary/aromatic N) is 2. The number of carbonyl (C=O) groups is 3. The predicted octanol–water partition coefficient (Wildman–Crippen LogP) is 3.62. The van der Waals surface area contributed by atoms with Gasteiger partial charge in [-0.3, -0.25) is 14.9 Å². The number of aromatic nitrogens is 1. The lowest BCUT2D eigenvalue weighted by Crippen LogP contribution is -2.51. The molecular weight excluding hydrogens is 446 g/mol. The Morgan fingerprint density at radius 3 is 2.47 bits per heavy atom. The van der Waals surface area contributed by atoms with Gasteiger partial charge in [0.25, 0.3) is 5.91 Å². The van der Waals surface area contributed by atoms with Crippen LogP contribution in [0.1, 0.15) is 60.3 Å². The summed E-state index contributed by atoms with van der Waals surface area (Å²) in [7, 11) is 0. The molecule has 1 saturated carbocycles. The summed E-state index contributed by atoms with van der Waals surface area (Å²) in [5.74, 6) is -0.277. The van der Waals surface area contributed by atoms with Crippen molar-refractivity contribution in [1.29, 1.82) is 0 Å². The quantitative estimate of drug-likeness (QED) is 0.594. The van der Waals surface area contributed by atoms with Gasteiger partial charge in [-0.05, 0) is 37.1 Å². The molecule has 1 aliphatic carbocycles. The molecule has 0 aromatic carbocycles. The fourth-order valence-electron chi connectivity index (χ4n) is 4.20. The minimum atomic E-state index is -0.190. The minimum absolute atomic E-state index is 0.0290. The third kappa shape index (κ3) is 6.29. The largest absolute Gasteiger partial charge is 0.353 e. The van der Waals surface area contributed by atoms with E-state index in [-0.39, 0.29) is 30.3 Å². The standard InChI is InChI=1S/C22H29N5O3S2/c28-19(13-17-14-32-21(24-17)26-20(29)18-7-4-12-31-18)23-16-8-10-27(11-9-16)22(30)25-15-5-2-1-3-6-15/h4,7,12,14-16H,1-3,5-6,8-11,13H2,(H,23,28)(H,25,30)(H,24,26,29). The number of rotatable bonds is 6. The van der Waals surface area contributed by atoms with E-state index in [0.717, 1.165) is 25.7 Å². The molecule has 1 saturated heterocycles. The fraction of sp³-hybridized carbons (Fsp3) is 0.545. The Bertz CT molecular complexity index is 916. The number of piperidine rings is 1. The summed E-state index contributed by atoms with van der Waals surface area (Å²) >= 11 is 2.68. The van der Waals surface area contributed by atoms with Crippen molar-refractivity contribution in [3.8, 4) is 0 Å². The van der Waals surface area contributed by atoms with E-state index in [9.17, 15) is 14.4 Å². The second kappa shape index (κ2) is 10.9. The maximum absolute atomic E-state index is 12.5. The average Bonchev–Trinajstić information content (AvgIpc) is 3.47. The second-order valence-electron chi connectivity index (χ2n) is 8.37. The van der Waals surface area contributed by atoms with Crippen LogP contribution in [0.3, 0.4) is 0 Å². The van der Waals surface area contributed by atoms with Gasteiger partial charge >= 0.3 is 6.03 Å². The molecule has 32 heavy (non-hydrogen) atoms. The first kappa shape index (κ1) is 22.7. The number of urea groups is 1. The van der Waals surface area contributed by atoms with Crippen molar-refractivity contribution in [1.82, 2.24) is 20.5 Å². The Hall–Kier alpha value is -2.46. The van der Waals surface area contributed by atoms with Crippen molar-refractivity contribution in [3.05, 3.63) is 33.5 Å². The van der Waals surface area contributed by atoms with Crippen molar-refractivity contribution in [2.24, 2.45) is 0 Å². The third-order valence-electron chi connectivity index (χ3n) is 5.94. The van der Waals surface area contributed by atoms with Crippen LogP contribution in [-0.2, 0) is 11.2 Å². The molecule has 0 unspecified atom stereocenters. The first-order chi connectivity index (χ1) is 15.6. The Labute approximate surface area is 195 Å². The Morgan fingerprint density at radius 2 is 1.75 bits per heavy atom. The number of hydrogen-bond acceptors (Lipinski definition) is 6. The number of amides is 4. The highest BCUT2D eigenvalue weighted by atomic mass is 32.1. The summed E-state index contributed by atoms with van der Waals surface area (Å²) in [5.41, 5.74) is 0.637. The van der Waals surface area contributed by atoms with Gasteiger partial charge in [0.1, 0.15) is 0 Å². The second-order valence-corrected chi connectivity index (χ2v) is 10.2. The summed E-state index contributed by atoms with van der Waals surface area (Å²) in [5, 5.41) is 13.1. The molecule has 8 nitrogen and oxygen atoms in total. The third-order valence-corrected chi connectivity index (χ3v) is 7.61. The van der Waals surface area contributed by atoms with E-state index >= 15 is 0 Å².